The molecule has 2 aromatic rings. The SMILES string of the molecule is O=C(O)C(=O)N(c1cnn(-c2ccccc2)c(=O)c1Br)N1CCNCC1. The molecule has 0 saturated carbocycles. The van der Waals surface area contributed by atoms with E-state index in [0.29, 0.717) is 31.9 Å². The van der Waals surface area contributed by atoms with Crippen LogP contribution in [0.2, 0.25) is 0 Å². The molecule has 0 bridgehead atoms. The van der Waals surface area contributed by atoms with Gasteiger partial charge in [-0.05, 0) is 28.1 Å². The molecule has 9 nitrogen and oxygen atoms in total. The maximum absolute atomic E-state index is 12.7. The summed E-state index contributed by atoms with van der Waals surface area (Å²) < 4.78 is 1.24. The number of nitrogens with zero attached hydrogens (tertiary/aromatic N) is 4. The molecule has 1 fully saturated rings. The van der Waals surface area contributed by atoms with Crippen LogP contribution in [0.4, 0.5) is 5.69 Å². The molecular formula is C16H16BrN5O4. The minimum absolute atomic E-state index is 0.0597. The van der Waals surface area contributed by atoms with Gasteiger partial charge in [0, 0.05) is 26.2 Å². The number of para-hydroxylation sites is 1. The fourth-order valence-corrected chi connectivity index (χ4v) is 3.10. The van der Waals surface area contributed by atoms with Crippen molar-refractivity contribution >= 4 is 33.5 Å². The van der Waals surface area contributed by atoms with Gasteiger partial charge in [0.25, 0.3) is 5.56 Å². The average Bonchev–Trinajstić information content (AvgIpc) is 2.67. The Kier molecular flexibility index (Phi) is 5.45. The van der Waals surface area contributed by atoms with Crippen LogP contribution in [0.15, 0.2) is 45.8 Å². The Morgan fingerprint density at radius 1 is 1.19 bits per heavy atom. The zero-order valence-electron chi connectivity index (χ0n) is 13.6. The molecule has 0 unspecified atom stereocenters. The van der Waals surface area contributed by atoms with Gasteiger partial charge in [0.1, 0.15) is 10.2 Å². The molecule has 0 radical (unpaired) electrons. The van der Waals surface area contributed by atoms with E-state index in [1.54, 1.807) is 29.3 Å². The van der Waals surface area contributed by atoms with Gasteiger partial charge in [0.05, 0.1) is 11.9 Å². The molecule has 1 aromatic heterocycles. The van der Waals surface area contributed by atoms with Gasteiger partial charge in [0.15, 0.2) is 0 Å². The van der Waals surface area contributed by atoms with Crippen LogP contribution < -0.4 is 15.9 Å². The molecule has 0 spiro atoms. The molecule has 0 aliphatic carbocycles. The first-order valence-corrected chi connectivity index (χ1v) is 8.66. The number of carboxylic acid groups (broad SMARTS) is 1. The average molecular weight is 422 g/mol. The summed E-state index contributed by atoms with van der Waals surface area (Å²) in [5.74, 6) is -2.76. The van der Waals surface area contributed by atoms with E-state index in [9.17, 15) is 19.5 Å². The number of piperazine rings is 1. The Morgan fingerprint density at radius 3 is 2.46 bits per heavy atom. The van der Waals surface area contributed by atoms with Gasteiger partial charge < -0.3 is 10.4 Å². The Morgan fingerprint density at radius 2 is 1.85 bits per heavy atom. The first kappa shape index (κ1) is 18.2. The number of rotatable bonds is 3. The van der Waals surface area contributed by atoms with Crippen LogP contribution in [0.5, 0.6) is 0 Å². The van der Waals surface area contributed by atoms with Gasteiger partial charge >= 0.3 is 11.9 Å². The standard InChI is InChI=1S/C16H16BrN5O4/c17-13-12(10-19-21(14(13)23)11-4-2-1-3-5-11)22(15(24)16(25)26)20-8-6-18-7-9-20/h1-5,10,18H,6-9H2,(H,25,26). The van der Waals surface area contributed by atoms with Gasteiger partial charge in [-0.2, -0.15) is 9.78 Å². The van der Waals surface area contributed by atoms with Crippen LogP contribution in [0.25, 0.3) is 5.69 Å². The van der Waals surface area contributed by atoms with Crippen LogP contribution in [-0.4, -0.2) is 58.0 Å². The molecular weight excluding hydrogens is 406 g/mol. The number of halogens is 1. The second-order valence-corrected chi connectivity index (χ2v) is 6.32. The van der Waals surface area contributed by atoms with Crippen molar-refractivity contribution in [1.29, 1.82) is 0 Å². The first-order chi connectivity index (χ1) is 12.5. The van der Waals surface area contributed by atoms with Gasteiger partial charge in [-0.3, -0.25) is 9.59 Å². The fourth-order valence-electron chi connectivity index (χ4n) is 2.66. The maximum atomic E-state index is 12.7. The smallest absolute Gasteiger partial charge is 0.396 e. The summed E-state index contributed by atoms with van der Waals surface area (Å²) >= 11 is 3.21. The van der Waals surface area contributed by atoms with Crippen LogP contribution in [0.1, 0.15) is 0 Å². The number of hydrazine groups is 1. The Labute approximate surface area is 156 Å². The second-order valence-electron chi connectivity index (χ2n) is 5.52. The third-order valence-electron chi connectivity index (χ3n) is 3.88. The Bertz CT molecular complexity index is 880. The lowest BCUT2D eigenvalue weighted by Crippen LogP contribution is -2.56. The van der Waals surface area contributed by atoms with Crippen molar-refractivity contribution in [2.24, 2.45) is 0 Å². The van der Waals surface area contributed by atoms with Crippen molar-refractivity contribution in [3.63, 3.8) is 0 Å². The topological polar surface area (TPSA) is 108 Å². The molecule has 1 amide bonds. The number of carboxylic acids is 1. The Hall–Kier alpha value is -2.56. The summed E-state index contributed by atoms with van der Waals surface area (Å²) in [6.45, 7) is 2.03. The number of nitrogens with one attached hydrogen (secondary N) is 1. The van der Waals surface area contributed by atoms with E-state index >= 15 is 0 Å². The van der Waals surface area contributed by atoms with Crippen molar-refractivity contribution < 1.29 is 14.7 Å². The number of benzene rings is 1. The predicted molar refractivity (Wildman–Crippen MR) is 97.1 cm³/mol. The number of amides is 1. The number of aliphatic carboxylic acids is 1. The minimum Gasteiger partial charge on any atom is -0.474 e. The van der Waals surface area contributed by atoms with E-state index in [1.807, 2.05) is 6.07 Å². The monoisotopic (exact) mass is 421 g/mol. The molecule has 26 heavy (non-hydrogen) atoms. The molecule has 2 heterocycles. The highest BCUT2D eigenvalue weighted by Gasteiger charge is 2.32. The van der Waals surface area contributed by atoms with E-state index in [-0.39, 0.29) is 10.2 Å². The number of carbonyl (C=O) groups excluding carboxylic acids is 1. The van der Waals surface area contributed by atoms with Gasteiger partial charge in [-0.15, -0.1) is 0 Å². The lowest BCUT2D eigenvalue weighted by atomic mass is 10.3. The van der Waals surface area contributed by atoms with E-state index in [0.717, 1.165) is 5.01 Å². The molecule has 136 valence electrons. The van der Waals surface area contributed by atoms with Crippen LogP contribution in [0, 0.1) is 0 Å². The highest BCUT2D eigenvalue weighted by Crippen LogP contribution is 2.24. The van der Waals surface area contributed by atoms with E-state index in [2.05, 4.69) is 26.3 Å². The normalized spacial score (nSPS) is 14.8. The van der Waals surface area contributed by atoms with Crippen molar-refractivity contribution in [2.75, 3.05) is 31.2 Å². The molecule has 3 rings (SSSR count). The number of aromatic nitrogens is 2. The maximum Gasteiger partial charge on any atom is 0.396 e. The largest absolute Gasteiger partial charge is 0.474 e. The van der Waals surface area contributed by atoms with E-state index < -0.39 is 17.4 Å². The zero-order valence-corrected chi connectivity index (χ0v) is 15.2. The molecule has 1 saturated heterocycles. The lowest BCUT2D eigenvalue weighted by molar-refractivity contribution is -0.150. The molecule has 2 N–H and O–H groups in total. The van der Waals surface area contributed by atoms with Crippen molar-refractivity contribution in [1.82, 2.24) is 20.1 Å². The van der Waals surface area contributed by atoms with Crippen molar-refractivity contribution in [2.45, 2.75) is 0 Å². The number of hydrogen-bond acceptors (Lipinski definition) is 6. The first-order valence-electron chi connectivity index (χ1n) is 7.87. The van der Waals surface area contributed by atoms with E-state index in [1.165, 1.54) is 10.9 Å². The van der Waals surface area contributed by atoms with Gasteiger partial charge in [0.2, 0.25) is 0 Å². The highest BCUT2D eigenvalue weighted by molar-refractivity contribution is 9.10. The predicted octanol–water partition coefficient (Wildman–Crippen LogP) is 0.233. The summed E-state index contributed by atoms with van der Waals surface area (Å²) in [6, 6.07) is 8.79. The van der Waals surface area contributed by atoms with Crippen LogP contribution in [0.3, 0.4) is 0 Å². The van der Waals surface area contributed by atoms with Gasteiger partial charge in [-0.25, -0.2) is 14.8 Å². The summed E-state index contributed by atoms with van der Waals surface area (Å²) in [6.07, 6.45) is 1.31. The van der Waals surface area contributed by atoms with E-state index in [4.69, 9.17) is 0 Å². The minimum atomic E-state index is -1.61. The summed E-state index contributed by atoms with van der Waals surface area (Å²) in [5.41, 5.74) is 0.159. The molecule has 1 aromatic carbocycles. The summed E-state index contributed by atoms with van der Waals surface area (Å²) in [4.78, 5) is 36.3. The lowest BCUT2D eigenvalue weighted by Gasteiger charge is -2.36. The third-order valence-corrected chi connectivity index (χ3v) is 4.63. The molecule has 1 aliphatic rings. The fraction of sp³-hybridized carbons (Fsp3) is 0.250. The second kappa shape index (κ2) is 7.77. The number of hydrogen-bond donors (Lipinski definition) is 2. The quantitative estimate of drug-likeness (QED) is 0.682. The molecule has 1 aliphatic heterocycles. The number of carbonyl (C=O) groups is 2. The number of anilines is 1. The summed E-state index contributed by atoms with van der Waals surface area (Å²) in [7, 11) is 0. The van der Waals surface area contributed by atoms with Crippen LogP contribution in [-0.2, 0) is 9.59 Å². The zero-order chi connectivity index (χ0) is 18.7. The van der Waals surface area contributed by atoms with Crippen molar-refractivity contribution in [3.8, 4) is 5.69 Å². The highest BCUT2D eigenvalue weighted by atomic mass is 79.9. The van der Waals surface area contributed by atoms with Gasteiger partial charge in [-0.1, -0.05) is 18.2 Å². The third kappa shape index (κ3) is 3.52. The molecule has 0 atom stereocenters. The van der Waals surface area contributed by atoms with Crippen molar-refractivity contribution in [3.05, 3.63) is 51.4 Å². The van der Waals surface area contributed by atoms with Crippen LogP contribution >= 0.6 is 15.9 Å². The molecule has 10 heteroatoms. The Balaban J connectivity index is 2.07. The summed E-state index contributed by atoms with van der Waals surface area (Å²) in [5, 5.41) is 19.0.